The number of benzene rings is 1. The predicted octanol–water partition coefficient (Wildman–Crippen LogP) is 2.77. The van der Waals surface area contributed by atoms with E-state index in [0.29, 0.717) is 13.0 Å². The average Bonchev–Trinajstić information content (AvgIpc) is 3.36. The lowest BCUT2D eigenvalue weighted by Gasteiger charge is -2.34. The highest BCUT2D eigenvalue weighted by Crippen LogP contribution is 2.29. The van der Waals surface area contributed by atoms with E-state index in [1.807, 2.05) is 30.3 Å². The van der Waals surface area contributed by atoms with E-state index in [1.54, 1.807) is 11.8 Å². The van der Waals surface area contributed by atoms with Crippen LogP contribution in [0.1, 0.15) is 57.4 Å². The molecule has 2 aliphatic rings. The lowest BCUT2D eigenvalue weighted by atomic mass is 9.83. The maximum atomic E-state index is 13.5. The molecule has 0 aromatic heterocycles. The van der Waals surface area contributed by atoms with Crippen molar-refractivity contribution < 1.29 is 42.2 Å². The zero-order chi connectivity index (χ0) is 27.6. The van der Waals surface area contributed by atoms with Gasteiger partial charge in [0.1, 0.15) is 18.7 Å². The fraction of sp³-hybridized carbons (Fsp3) is 0.600. The SMILES string of the molecule is C[C@H](N)C(=O)N[C@H](C(=O)N1CCC[C@H]1C(=O)OCc1ccccc1)C1CCCCC1.O=C(O)C(F)(F)F. The third-order valence-corrected chi connectivity index (χ3v) is 6.37. The summed E-state index contributed by atoms with van der Waals surface area (Å²) < 4.78 is 37.2. The second-order valence-electron chi connectivity index (χ2n) is 9.26. The largest absolute Gasteiger partial charge is 0.490 e. The number of carbonyl (C=O) groups excluding carboxylic acids is 3. The van der Waals surface area contributed by atoms with Crippen LogP contribution in [-0.2, 0) is 30.5 Å². The number of nitrogens with two attached hydrogens (primary N) is 1. The van der Waals surface area contributed by atoms with Crippen LogP contribution in [0.15, 0.2) is 30.3 Å². The second-order valence-corrected chi connectivity index (χ2v) is 9.26. The van der Waals surface area contributed by atoms with Crippen molar-refractivity contribution in [1.29, 1.82) is 0 Å². The first kappa shape index (κ1) is 30.1. The fourth-order valence-corrected chi connectivity index (χ4v) is 4.41. The molecule has 1 saturated carbocycles. The number of carbonyl (C=O) groups is 4. The molecule has 1 aliphatic heterocycles. The van der Waals surface area contributed by atoms with Gasteiger partial charge in [0.05, 0.1) is 6.04 Å². The molecule has 12 heteroatoms. The van der Waals surface area contributed by atoms with Gasteiger partial charge in [-0.05, 0) is 44.1 Å². The molecule has 1 aromatic rings. The number of ether oxygens (including phenoxy) is 1. The number of hydrogen-bond donors (Lipinski definition) is 3. The predicted molar refractivity (Wildman–Crippen MR) is 127 cm³/mol. The number of amides is 2. The van der Waals surface area contributed by atoms with Crippen LogP contribution < -0.4 is 11.1 Å². The molecular weight excluding hydrogens is 495 g/mol. The highest BCUT2D eigenvalue weighted by molar-refractivity contribution is 5.92. The summed E-state index contributed by atoms with van der Waals surface area (Å²) in [5.74, 6) is -3.58. The quantitative estimate of drug-likeness (QED) is 0.462. The Morgan fingerprint density at radius 2 is 1.68 bits per heavy atom. The van der Waals surface area contributed by atoms with Gasteiger partial charge in [0, 0.05) is 6.54 Å². The summed E-state index contributed by atoms with van der Waals surface area (Å²) in [6.07, 6.45) is 1.28. The number of aliphatic carboxylic acids is 1. The molecule has 0 bridgehead atoms. The number of carboxylic acid groups (broad SMARTS) is 1. The summed E-state index contributed by atoms with van der Waals surface area (Å²) in [5, 5.41) is 10.00. The maximum absolute atomic E-state index is 13.5. The van der Waals surface area contributed by atoms with E-state index in [4.69, 9.17) is 20.4 Å². The lowest BCUT2D eigenvalue weighted by Crippen LogP contribution is -2.57. The molecule has 9 nitrogen and oxygen atoms in total. The minimum absolute atomic E-state index is 0.0792. The van der Waals surface area contributed by atoms with Gasteiger partial charge in [0.15, 0.2) is 0 Å². The Kier molecular flexibility index (Phi) is 11.4. The lowest BCUT2D eigenvalue weighted by molar-refractivity contribution is -0.192. The first-order valence-corrected chi connectivity index (χ1v) is 12.3. The molecule has 3 rings (SSSR count). The van der Waals surface area contributed by atoms with E-state index in [2.05, 4.69) is 5.32 Å². The molecule has 206 valence electrons. The Balaban J connectivity index is 0.000000604. The number of esters is 1. The minimum atomic E-state index is -5.08. The van der Waals surface area contributed by atoms with E-state index in [9.17, 15) is 27.6 Å². The van der Waals surface area contributed by atoms with Crippen LogP contribution in [0.25, 0.3) is 0 Å². The molecular formula is C25H34F3N3O6. The van der Waals surface area contributed by atoms with Gasteiger partial charge in [0.2, 0.25) is 11.8 Å². The Morgan fingerprint density at radius 1 is 1.08 bits per heavy atom. The number of hydrogen-bond acceptors (Lipinski definition) is 6. The van der Waals surface area contributed by atoms with E-state index < -0.39 is 30.3 Å². The Hall–Kier alpha value is -3.15. The van der Waals surface area contributed by atoms with Gasteiger partial charge in [-0.1, -0.05) is 49.6 Å². The van der Waals surface area contributed by atoms with E-state index in [-0.39, 0.29) is 30.3 Å². The summed E-state index contributed by atoms with van der Waals surface area (Å²) in [7, 11) is 0. The third kappa shape index (κ3) is 9.34. The molecule has 4 N–H and O–H groups in total. The minimum Gasteiger partial charge on any atom is -0.475 e. The molecule has 0 unspecified atom stereocenters. The van der Waals surface area contributed by atoms with Crippen LogP contribution in [0.2, 0.25) is 0 Å². The van der Waals surface area contributed by atoms with Gasteiger partial charge in [-0.15, -0.1) is 0 Å². The maximum Gasteiger partial charge on any atom is 0.490 e. The molecule has 0 spiro atoms. The molecule has 1 saturated heterocycles. The van der Waals surface area contributed by atoms with Crippen molar-refractivity contribution in [2.75, 3.05) is 6.54 Å². The Morgan fingerprint density at radius 3 is 2.22 bits per heavy atom. The van der Waals surface area contributed by atoms with Crippen LogP contribution in [-0.4, -0.2) is 64.6 Å². The first-order valence-electron chi connectivity index (χ1n) is 12.3. The van der Waals surface area contributed by atoms with Crippen molar-refractivity contribution in [3.05, 3.63) is 35.9 Å². The number of nitrogens with one attached hydrogen (secondary N) is 1. The summed E-state index contributed by atoms with van der Waals surface area (Å²) >= 11 is 0. The number of carboxylic acids is 1. The molecule has 1 aromatic carbocycles. The van der Waals surface area contributed by atoms with Crippen LogP contribution in [0.4, 0.5) is 13.2 Å². The molecule has 0 radical (unpaired) electrons. The van der Waals surface area contributed by atoms with Crippen LogP contribution >= 0.6 is 0 Å². The van der Waals surface area contributed by atoms with Crippen LogP contribution in [0, 0.1) is 5.92 Å². The zero-order valence-corrected chi connectivity index (χ0v) is 20.7. The van der Waals surface area contributed by atoms with Gasteiger partial charge >= 0.3 is 18.1 Å². The highest BCUT2D eigenvalue weighted by atomic mass is 19.4. The van der Waals surface area contributed by atoms with Gasteiger partial charge < -0.3 is 25.8 Å². The van der Waals surface area contributed by atoms with Crippen molar-refractivity contribution in [2.45, 2.75) is 82.8 Å². The van der Waals surface area contributed by atoms with E-state index >= 15 is 0 Å². The topological polar surface area (TPSA) is 139 Å². The number of alkyl halides is 3. The van der Waals surface area contributed by atoms with Crippen molar-refractivity contribution in [3.63, 3.8) is 0 Å². The van der Waals surface area contributed by atoms with E-state index in [1.165, 1.54) is 0 Å². The van der Waals surface area contributed by atoms with Crippen LogP contribution in [0.3, 0.4) is 0 Å². The van der Waals surface area contributed by atoms with Gasteiger partial charge in [-0.2, -0.15) is 13.2 Å². The first-order chi connectivity index (χ1) is 17.4. The van der Waals surface area contributed by atoms with Gasteiger partial charge in [-0.25, -0.2) is 9.59 Å². The second kappa shape index (κ2) is 14.0. The number of halogens is 3. The normalized spacial score (nSPS) is 19.7. The Labute approximate surface area is 213 Å². The average molecular weight is 530 g/mol. The number of rotatable bonds is 7. The smallest absolute Gasteiger partial charge is 0.475 e. The molecule has 2 fully saturated rings. The Bertz CT molecular complexity index is 920. The number of likely N-dealkylation sites (tertiary alicyclic amines) is 1. The molecule has 1 aliphatic carbocycles. The van der Waals surface area contributed by atoms with Crippen molar-refractivity contribution in [1.82, 2.24) is 10.2 Å². The van der Waals surface area contributed by atoms with Crippen molar-refractivity contribution in [3.8, 4) is 0 Å². The summed E-state index contributed by atoms with van der Waals surface area (Å²) in [4.78, 5) is 49.0. The number of nitrogens with zero attached hydrogens (tertiary/aromatic N) is 1. The van der Waals surface area contributed by atoms with Crippen molar-refractivity contribution >= 4 is 23.8 Å². The monoisotopic (exact) mass is 529 g/mol. The third-order valence-electron chi connectivity index (χ3n) is 6.37. The van der Waals surface area contributed by atoms with Crippen LogP contribution in [0.5, 0.6) is 0 Å². The standard InChI is InChI=1S/C23H33N3O4.C2HF3O2/c1-16(24)21(27)25-20(18-11-6-3-7-12-18)22(28)26-14-8-13-19(26)23(29)30-15-17-9-4-2-5-10-17;3-2(4,5)1(6)7/h2,4-5,9-10,16,18-20H,3,6-8,11-15,24H2,1H3,(H,25,27);(H,6,7)/t16-,19-,20-;/m0./s1. The molecule has 3 atom stereocenters. The molecule has 1 heterocycles. The summed E-state index contributed by atoms with van der Waals surface area (Å²) in [6, 6.07) is 7.57. The fourth-order valence-electron chi connectivity index (χ4n) is 4.41. The van der Waals surface area contributed by atoms with Gasteiger partial charge in [0.25, 0.3) is 0 Å². The van der Waals surface area contributed by atoms with E-state index in [0.717, 1.165) is 44.1 Å². The highest BCUT2D eigenvalue weighted by Gasteiger charge is 2.41. The van der Waals surface area contributed by atoms with Crippen molar-refractivity contribution in [2.24, 2.45) is 11.7 Å². The summed E-state index contributed by atoms with van der Waals surface area (Å²) in [5.41, 5.74) is 6.64. The zero-order valence-electron chi connectivity index (χ0n) is 20.7. The van der Waals surface area contributed by atoms with Gasteiger partial charge in [-0.3, -0.25) is 9.59 Å². The molecule has 37 heavy (non-hydrogen) atoms. The summed E-state index contributed by atoms with van der Waals surface area (Å²) in [6.45, 7) is 2.30. The molecule has 2 amide bonds.